The number of carbonyl (C=O) groups excluding carboxylic acids is 1. The summed E-state index contributed by atoms with van der Waals surface area (Å²) >= 11 is 0. The van der Waals surface area contributed by atoms with Crippen LogP contribution in [-0.2, 0) is 4.74 Å². The molecule has 4 rings (SSSR count). The van der Waals surface area contributed by atoms with Crippen LogP contribution in [0.5, 0.6) is 5.88 Å². The monoisotopic (exact) mass is 343 g/mol. The fourth-order valence-electron chi connectivity index (χ4n) is 3.63. The Balaban J connectivity index is 1.38. The van der Waals surface area contributed by atoms with Crippen molar-refractivity contribution in [1.29, 1.82) is 0 Å². The summed E-state index contributed by atoms with van der Waals surface area (Å²) in [7, 11) is 0. The van der Waals surface area contributed by atoms with E-state index in [-0.39, 0.29) is 17.6 Å². The maximum Gasteiger partial charge on any atom is 0.257 e. The quantitative estimate of drug-likeness (QED) is 0.850. The Hall–Kier alpha value is -2.41. The highest BCUT2D eigenvalue weighted by Gasteiger charge is 2.50. The zero-order valence-corrected chi connectivity index (χ0v) is 14.4. The largest absolute Gasteiger partial charge is 0.473 e. The van der Waals surface area contributed by atoms with Gasteiger partial charge in [0, 0.05) is 25.2 Å². The van der Waals surface area contributed by atoms with E-state index in [1.165, 1.54) is 0 Å². The number of ether oxygens (including phenoxy) is 2. The third kappa shape index (κ3) is 3.11. The molecule has 7 heteroatoms. The van der Waals surface area contributed by atoms with Crippen LogP contribution in [0.4, 0.5) is 0 Å². The standard InChI is InChI=1S/C18H21N3O4/c1-12-7-15(13(2)24-12)17(22)21-10-18(11-21)8-14(3-6-23-18)25-16-9-19-4-5-20-16/h4-5,7,9,14H,3,6,8,10-11H2,1-2H3/t14-/m0/s1. The van der Waals surface area contributed by atoms with Crippen LogP contribution in [0.2, 0.25) is 0 Å². The van der Waals surface area contributed by atoms with Gasteiger partial charge in [-0.1, -0.05) is 0 Å². The minimum Gasteiger partial charge on any atom is -0.473 e. The number of hydrogen-bond donors (Lipinski definition) is 0. The van der Waals surface area contributed by atoms with Gasteiger partial charge in [0.1, 0.15) is 23.2 Å². The zero-order valence-electron chi connectivity index (χ0n) is 14.4. The third-order valence-electron chi connectivity index (χ3n) is 4.79. The molecule has 2 aliphatic rings. The predicted molar refractivity (Wildman–Crippen MR) is 88.5 cm³/mol. The van der Waals surface area contributed by atoms with E-state index in [9.17, 15) is 4.79 Å². The summed E-state index contributed by atoms with van der Waals surface area (Å²) in [6.07, 6.45) is 6.43. The lowest BCUT2D eigenvalue weighted by Gasteiger charge is -2.52. The van der Waals surface area contributed by atoms with Gasteiger partial charge in [-0.25, -0.2) is 4.98 Å². The first-order chi connectivity index (χ1) is 12.0. The van der Waals surface area contributed by atoms with E-state index in [1.54, 1.807) is 24.7 Å². The predicted octanol–water partition coefficient (Wildman–Crippen LogP) is 2.14. The summed E-state index contributed by atoms with van der Waals surface area (Å²) < 4.78 is 17.4. The number of furan rings is 1. The Bertz CT molecular complexity index is 768. The van der Waals surface area contributed by atoms with Crippen molar-refractivity contribution in [3.63, 3.8) is 0 Å². The molecule has 0 bridgehead atoms. The molecule has 0 aliphatic carbocycles. The van der Waals surface area contributed by atoms with Gasteiger partial charge in [-0.3, -0.25) is 9.78 Å². The molecule has 1 atom stereocenters. The molecule has 132 valence electrons. The van der Waals surface area contributed by atoms with E-state index in [0.29, 0.717) is 36.9 Å². The summed E-state index contributed by atoms with van der Waals surface area (Å²) in [5.74, 6) is 1.95. The number of hydrogen-bond acceptors (Lipinski definition) is 6. The maximum absolute atomic E-state index is 12.6. The fourth-order valence-corrected chi connectivity index (χ4v) is 3.63. The number of amides is 1. The first kappa shape index (κ1) is 16.1. The molecule has 1 amide bonds. The number of carbonyl (C=O) groups is 1. The minimum atomic E-state index is -0.312. The van der Waals surface area contributed by atoms with Crippen molar-refractivity contribution >= 4 is 5.91 Å². The second kappa shape index (κ2) is 6.15. The summed E-state index contributed by atoms with van der Waals surface area (Å²) in [4.78, 5) is 22.6. The van der Waals surface area contributed by atoms with Gasteiger partial charge in [0.15, 0.2) is 0 Å². The lowest BCUT2D eigenvalue weighted by atomic mass is 9.84. The smallest absolute Gasteiger partial charge is 0.257 e. The molecule has 0 N–H and O–H groups in total. The first-order valence-electron chi connectivity index (χ1n) is 8.48. The number of aromatic nitrogens is 2. The average Bonchev–Trinajstić information content (AvgIpc) is 2.91. The molecule has 1 spiro atoms. The van der Waals surface area contributed by atoms with Crippen LogP contribution in [-0.4, -0.2) is 52.2 Å². The number of rotatable bonds is 3. The Labute approximate surface area is 146 Å². The lowest BCUT2D eigenvalue weighted by Crippen LogP contribution is -2.67. The van der Waals surface area contributed by atoms with Crippen LogP contribution in [0.1, 0.15) is 34.7 Å². The average molecular weight is 343 g/mol. The molecule has 7 nitrogen and oxygen atoms in total. The van der Waals surface area contributed by atoms with Gasteiger partial charge in [0.05, 0.1) is 31.5 Å². The van der Waals surface area contributed by atoms with Crippen LogP contribution in [0.25, 0.3) is 0 Å². The van der Waals surface area contributed by atoms with Crippen molar-refractivity contribution in [2.24, 2.45) is 0 Å². The van der Waals surface area contributed by atoms with Crippen LogP contribution in [0.3, 0.4) is 0 Å². The number of likely N-dealkylation sites (tertiary alicyclic amines) is 1. The summed E-state index contributed by atoms with van der Waals surface area (Å²) in [6, 6.07) is 1.80. The van der Waals surface area contributed by atoms with E-state index in [1.807, 2.05) is 18.7 Å². The molecule has 2 aromatic heterocycles. The molecule has 0 unspecified atom stereocenters. The van der Waals surface area contributed by atoms with Gasteiger partial charge in [-0.2, -0.15) is 0 Å². The lowest BCUT2D eigenvalue weighted by molar-refractivity contribution is -0.174. The highest BCUT2D eigenvalue weighted by molar-refractivity contribution is 5.96. The summed E-state index contributed by atoms with van der Waals surface area (Å²) in [5, 5.41) is 0. The van der Waals surface area contributed by atoms with E-state index in [0.717, 1.165) is 18.6 Å². The molecule has 25 heavy (non-hydrogen) atoms. The van der Waals surface area contributed by atoms with Crippen LogP contribution in [0, 0.1) is 13.8 Å². The molecule has 2 saturated heterocycles. The Morgan fingerprint density at radius 3 is 2.88 bits per heavy atom. The molecule has 4 heterocycles. The Morgan fingerprint density at radius 1 is 1.36 bits per heavy atom. The van der Waals surface area contributed by atoms with Crippen molar-refractivity contribution in [3.05, 3.63) is 41.7 Å². The molecule has 0 saturated carbocycles. The van der Waals surface area contributed by atoms with Gasteiger partial charge in [-0.15, -0.1) is 0 Å². The molecule has 2 fully saturated rings. The second-order valence-corrected chi connectivity index (χ2v) is 6.80. The highest BCUT2D eigenvalue weighted by atomic mass is 16.5. The summed E-state index contributed by atoms with van der Waals surface area (Å²) in [6.45, 7) is 5.44. The van der Waals surface area contributed by atoms with Crippen molar-refractivity contribution in [2.75, 3.05) is 19.7 Å². The number of aryl methyl sites for hydroxylation is 2. The first-order valence-corrected chi connectivity index (χ1v) is 8.48. The molecular weight excluding hydrogens is 322 g/mol. The number of nitrogens with zero attached hydrogens (tertiary/aromatic N) is 3. The highest BCUT2D eigenvalue weighted by Crippen LogP contribution is 2.36. The van der Waals surface area contributed by atoms with Crippen LogP contribution >= 0.6 is 0 Å². The third-order valence-corrected chi connectivity index (χ3v) is 4.79. The Morgan fingerprint density at radius 2 is 2.20 bits per heavy atom. The minimum absolute atomic E-state index is 0.000503. The maximum atomic E-state index is 12.6. The molecule has 0 aromatic carbocycles. The van der Waals surface area contributed by atoms with Gasteiger partial charge in [0.25, 0.3) is 5.91 Å². The molecule has 2 aliphatic heterocycles. The van der Waals surface area contributed by atoms with E-state index >= 15 is 0 Å². The molecule has 2 aromatic rings. The van der Waals surface area contributed by atoms with Gasteiger partial charge in [-0.05, 0) is 19.9 Å². The summed E-state index contributed by atoms with van der Waals surface area (Å²) in [5.41, 5.74) is 0.323. The van der Waals surface area contributed by atoms with E-state index in [4.69, 9.17) is 13.9 Å². The zero-order chi connectivity index (χ0) is 17.4. The molecular formula is C18H21N3O4. The second-order valence-electron chi connectivity index (χ2n) is 6.80. The van der Waals surface area contributed by atoms with Gasteiger partial charge < -0.3 is 18.8 Å². The molecule has 0 radical (unpaired) electrons. The van der Waals surface area contributed by atoms with Crippen LogP contribution < -0.4 is 4.74 Å². The van der Waals surface area contributed by atoms with Gasteiger partial charge in [0.2, 0.25) is 5.88 Å². The van der Waals surface area contributed by atoms with Gasteiger partial charge >= 0.3 is 0 Å². The fraction of sp³-hybridized carbons (Fsp3) is 0.500. The van der Waals surface area contributed by atoms with Crippen molar-refractivity contribution in [2.45, 2.75) is 38.4 Å². The van der Waals surface area contributed by atoms with Crippen LogP contribution in [0.15, 0.2) is 29.1 Å². The Kier molecular flexibility index (Phi) is 3.95. The SMILES string of the molecule is Cc1cc(C(=O)N2CC3(C[C@@H](Oc4cnccn4)CCO3)C2)c(C)o1. The van der Waals surface area contributed by atoms with Crippen molar-refractivity contribution in [1.82, 2.24) is 14.9 Å². The van der Waals surface area contributed by atoms with E-state index in [2.05, 4.69) is 9.97 Å². The van der Waals surface area contributed by atoms with E-state index < -0.39 is 0 Å². The van der Waals surface area contributed by atoms with Crippen molar-refractivity contribution in [3.8, 4) is 5.88 Å². The normalized spacial score (nSPS) is 21.8. The van der Waals surface area contributed by atoms with Crippen molar-refractivity contribution < 1.29 is 18.7 Å². The topological polar surface area (TPSA) is 77.7 Å².